The van der Waals surface area contributed by atoms with Crippen LogP contribution in [-0.2, 0) is 9.47 Å². The molecule has 114 valence electrons. The predicted molar refractivity (Wildman–Crippen MR) is 80.4 cm³/mol. The molecule has 0 aromatic carbocycles. The summed E-state index contributed by atoms with van der Waals surface area (Å²) < 4.78 is 11.6. The summed E-state index contributed by atoms with van der Waals surface area (Å²) in [6.45, 7) is 16.8. The zero-order valence-electron chi connectivity index (χ0n) is 13.7. The van der Waals surface area contributed by atoms with Gasteiger partial charge in [0.25, 0.3) is 0 Å². The van der Waals surface area contributed by atoms with Crippen LogP contribution in [0.1, 0.15) is 48.0 Å². The van der Waals surface area contributed by atoms with Gasteiger partial charge in [-0.25, -0.2) is 0 Å². The molecule has 3 heteroatoms. The summed E-state index contributed by atoms with van der Waals surface area (Å²) in [7, 11) is 0. The Morgan fingerprint density at radius 3 is 2.26 bits per heavy atom. The van der Waals surface area contributed by atoms with Crippen molar-refractivity contribution in [2.75, 3.05) is 26.4 Å². The number of rotatable bonds is 9. The molecule has 2 unspecified atom stereocenters. The zero-order valence-corrected chi connectivity index (χ0v) is 13.7. The molecular weight excluding hydrogens is 238 g/mol. The molecule has 0 aliphatic heterocycles. The Bertz CT molecular complexity index is 251. The Balaban J connectivity index is 2.13. The van der Waals surface area contributed by atoms with Crippen molar-refractivity contribution in [3.8, 4) is 0 Å². The van der Waals surface area contributed by atoms with Gasteiger partial charge in [0.05, 0.1) is 12.7 Å². The minimum absolute atomic E-state index is 0.243. The van der Waals surface area contributed by atoms with Crippen LogP contribution >= 0.6 is 0 Å². The molecule has 2 atom stereocenters. The SMILES string of the molecule is CC(C)COCCNC1CC(OCC(C)C)C1(C)C. The van der Waals surface area contributed by atoms with Gasteiger partial charge in [0, 0.05) is 31.2 Å². The number of hydrogen-bond acceptors (Lipinski definition) is 3. The fourth-order valence-corrected chi connectivity index (χ4v) is 2.45. The van der Waals surface area contributed by atoms with E-state index in [0.717, 1.165) is 32.8 Å². The third-order valence-electron chi connectivity index (χ3n) is 3.90. The maximum Gasteiger partial charge on any atom is 0.0656 e. The van der Waals surface area contributed by atoms with E-state index in [-0.39, 0.29) is 5.41 Å². The summed E-state index contributed by atoms with van der Waals surface area (Å²) in [4.78, 5) is 0. The van der Waals surface area contributed by atoms with Crippen molar-refractivity contribution in [2.45, 2.75) is 60.1 Å². The Morgan fingerprint density at radius 2 is 1.74 bits per heavy atom. The quantitative estimate of drug-likeness (QED) is 0.654. The molecule has 0 bridgehead atoms. The van der Waals surface area contributed by atoms with E-state index in [1.807, 2.05) is 0 Å². The smallest absolute Gasteiger partial charge is 0.0656 e. The topological polar surface area (TPSA) is 30.5 Å². The molecule has 0 spiro atoms. The Hall–Kier alpha value is -0.120. The Morgan fingerprint density at radius 1 is 1.11 bits per heavy atom. The number of nitrogens with one attached hydrogen (secondary N) is 1. The highest BCUT2D eigenvalue weighted by Gasteiger charge is 2.48. The second-order valence-electron chi connectivity index (χ2n) is 7.25. The molecule has 0 aromatic heterocycles. The van der Waals surface area contributed by atoms with Crippen LogP contribution in [-0.4, -0.2) is 38.5 Å². The van der Waals surface area contributed by atoms with Crippen LogP contribution in [0.4, 0.5) is 0 Å². The molecule has 0 aromatic rings. The zero-order chi connectivity index (χ0) is 14.5. The van der Waals surface area contributed by atoms with Gasteiger partial charge in [-0.05, 0) is 18.3 Å². The third-order valence-corrected chi connectivity index (χ3v) is 3.90. The fraction of sp³-hybridized carbons (Fsp3) is 1.00. The van der Waals surface area contributed by atoms with Crippen molar-refractivity contribution in [3.05, 3.63) is 0 Å². The summed E-state index contributed by atoms with van der Waals surface area (Å²) in [6.07, 6.45) is 1.54. The van der Waals surface area contributed by atoms with Gasteiger partial charge in [-0.3, -0.25) is 0 Å². The first-order chi connectivity index (χ1) is 8.84. The van der Waals surface area contributed by atoms with E-state index in [4.69, 9.17) is 9.47 Å². The summed E-state index contributed by atoms with van der Waals surface area (Å²) in [5.74, 6) is 1.24. The van der Waals surface area contributed by atoms with Crippen LogP contribution in [0.2, 0.25) is 0 Å². The standard InChI is InChI=1S/C16H33NO2/c1-12(2)10-18-8-7-17-14-9-15(16(14,5)6)19-11-13(3)4/h12-15,17H,7-11H2,1-6H3. The van der Waals surface area contributed by atoms with Crippen LogP contribution in [0.3, 0.4) is 0 Å². The van der Waals surface area contributed by atoms with Crippen molar-refractivity contribution in [1.82, 2.24) is 5.32 Å². The van der Waals surface area contributed by atoms with Crippen LogP contribution in [0.25, 0.3) is 0 Å². The predicted octanol–water partition coefficient (Wildman–Crippen LogP) is 3.09. The lowest BCUT2D eigenvalue weighted by molar-refractivity contribution is -0.124. The first-order valence-corrected chi connectivity index (χ1v) is 7.76. The average Bonchev–Trinajstić information content (AvgIpc) is 2.29. The molecule has 3 nitrogen and oxygen atoms in total. The van der Waals surface area contributed by atoms with E-state index in [1.54, 1.807) is 0 Å². The Kier molecular flexibility index (Phi) is 6.78. The normalized spacial score (nSPS) is 25.9. The van der Waals surface area contributed by atoms with Crippen LogP contribution in [0.15, 0.2) is 0 Å². The second kappa shape index (κ2) is 7.61. The van der Waals surface area contributed by atoms with Gasteiger partial charge < -0.3 is 14.8 Å². The third kappa shape index (κ3) is 5.41. The first-order valence-electron chi connectivity index (χ1n) is 7.76. The lowest BCUT2D eigenvalue weighted by Gasteiger charge is -2.52. The summed E-state index contributed by atoms with van der Waals surface area (Å²) in [5.41, 5.74) is 0.243. The minimum atomic E-state index is 0.243. The summed E-state index contributed by atoms with van der Waals surface area (Å²) in [6, 6.07) is 0.562. The van der Waals surface area contributed by atoms with Crippen molar-refractivity contribution in [2.24, 2.45) is 17.3 Å². The molecule has 1 fully saturated rings. The highest BCUT2D eigenvalue weighted by Crippen LogP contribution is 2.42. The van der Waals surface area contributed by atoms with Crippen LogP contribution in [0, 0.1) is 17.3 Å². The molecule has 1 saturated carbocycles. The van der Waals surface area contributed by atoms with Crippen molar-refractivity contribution in [3.63, 3.8) is 0 Å². The average molecular weight is 271 g/mol. The molecule has 0 radical (unpaired) electrons. The van der Waals surface area contributed by atoms with E-state index < -0.39 is 0 Å². The minimum Gasteiger partial charge on any atom is -0.380 e. The Labute approximate surface area is 119 Å². The summed E-state index contributed by atoms with van der Waals surface area (Å²) >= 11 is 0. The van der Waals surface area contributed by atoms with Crippen LogP contribution in [0.5, 0.6) is 0 Å². The molecule has 1 aliphatic carbocycles. The molecule has 19 heavy (non-hydrogen) atoms. The van der Waals surface area contributed by atoms with Gasteiger partial charge in [0.1, 0.15) is 0 Å². The monoisotopic (exact) mass is 271 g/mol. The highest BCUT2D eigenvalue weighted by molar-refractivity contribution is 5.02. The largest absolute Gasteiger partial charge is 0.380 e. The number of ether oxygens (including phenoxy) is 2. The van der Waals surface area contributed by atoms with E-state index in [9.17, 15) is 0 Å². The van der Waals surface area contributed by atoms with Crippen molar-refractivity contribution >= 4 is 0 Å². The van der Waals surface area contributed by atoms with Gasteiger partial charge in [0.15, 0.2) is 0 Å². The molecule has 1 aliphatic rings. The van der Waals surface area contributed by atoms with Crippen LogP contribution < -0.4 is 5.32 Å². The highest BCUT2D eigenvalue weighted by atomic mass is 16.5. The molecule has 0 amide bonds. The summed E-state index contributed by atoms with van der Waals surface area (Å²) in [5, 5.41) is 3.60. The van der Waals surface area contributed by atoms with Gasteiger partial charge in [-0.2, -0.15) is 0 Å². The lowest BCUT2D eigenvalue weighted by Crippen LogP contribution is -2.61. The lowest BCUT2D eigenvalue weighted by atomic mass is 9.64. The first kappa shape index (κ1) is 16.9. The van der Waals surface area contributed by atoms with E-state index in [0.29, 0.717) is 24.0 Å². The maximum absolute atomic E-state index is 5.97. The molecule has 0 saturated heterocycles. The van der Waals surface area contributed by atoms with Gasteiger partial charge >= 0.3 is 0 Å². The fourth-order valence-electron chi connectivity index (χ4n) is 2.45. The molecule has 0 heterocycles. The van der Waals surface area contributed by atoms with Crippen molar-refractivity contribution in [1.29, 1.82) is 0 Å². The van der Waals surface area contributed by atoms with Gasteiger partial charge in [0.2, 0.25) is 0 Å². The molecular formula is C16H33NO2. The van der Waals surface area contributed by atoms with E-state index in [2.05, 4.69) is 46.9 Å². The van der Waals surface area contributed by atoms with Crippen molar-refractivity contribution < 1.29 is 9.47 Å². The number of hydrogen-bond donors (Lipinski definition) is 1. The van der Waals surface area contributed by atoms with E-state index in [1.165, 1.54) is 0 Å². The molecule has 1 N–H and O–H groups in total. The maximum atomic E-state index is 5.97. The second-order valence-corrected chi connectivity index (χ2v) is 7.25. The van der Waals surface area contributed by atoms with Gasteiger partial charge in [-0.1, -0.05) is 41.5 Å². The van der Waals surface area contributed by atoms with Gasteiger partial charge in [-0.15, -0.1) is 0 Å². The van der Waals surface area contributed by atoms with E-state index >= 15 is 0 Å². The molecule has 1 rings (SSSR count).